The Bertz CT molecular complexity index is 368. The lowest BCUT2D eigenvalue weighted by molar-refractivity contribution is 0.0696. The van der Waals surface area contributed by atoms with Gasteiger partial charge in [-0.25, -0.2) is 4.79 Å². The van der Waals surface area contributed by atoms with Gasteiger partial charge in [0.15, 0.2) is 0 Å². The fourth-order valence-corrected chi connectivity index (χ4v) is 1.45. The monoisotopic (exact) mass is 253 g/mol. The van der Waals surface area contributed by atoms with E-state index in [4.69, 9.17) is 14.9 Å². The summed E-state index contributed by atoms with van der Waals surface area (Å²) in [6.45, 7) is 2.25. The molecule has 0 atom stereocenters. The molecule has 0 radical (unpaired) electrons. The number of carboxylic acid groups (broad SMARTS) is 1. The minimum Gasteiger partial charge on any atom is -0.492 e. The first-order valence-electron chi connectivity index (χ1n) is 6.02. The summed E-state index contributed by atoms with van der Waals surface area (Å²) in [5, 5.41) is 20.6. The molecule has 0 unspecified atom stereocenters. The predicted octanol–water partition coefficient (Wildman–Crippen LogP) is 1.13. The minimum atomic E-state index is -0.956. The van der Waals surface area contributed by atoms with E-state index < -0.39 is 5.97 Å². The fraction of sp³-hybridized carbons (Fsp3) is 0.462. The average molecular weight is 253 g/mol. The Hall–Kier alpha value is -1.59. The van der Waals surface area contributed by atoms with Crippen molar-refractivity contribution in [2.75, 3.05) is 26.3 Å². The summed E-state index contributed by atoms with van der Waals surface area (Å²) in [6.07, 6.45) is 1.74. The Labute approximate surface area is 106 Å². The van der Waals surface area contributed by atoms with E-state index in [0.717, 1.165) is 19.4 Å². The Balaban J connectivity index is 2.19. The van der Waals surface area contributed by atoms with Crippen molar-refractivity contribution in [1.82, 2.24) is 5.32 Å². The quantitative estimate of drug-likeness (QED) is 0.575. The Morgan fingerprint density at radius 3 is 2.83 bits per heavy atom. The lowest BCUT2D eigenvalue weighted by atomic mass is 10.2. The van der Waals surface area contributed by atoms with Crippen LogP contribution in [0.3, 0.4) is 0 Å². The van der Waals surface area contributed by atoms with Crippen LogP contribution < -0.4 is 10.1 Å². The smallest absolute Gasteiger partial charge is 0.335 e. The summed E-state index contributed by atoms with van der Waals surface area (Å²) in [5.74, 6) is -0.394. The van der Waals surface area contributed by atoms with Crippen molar-refractivity contribution < 1.29 is 19.7 Å². The number of aromatic carboxylic acids is 1. The number of benzene rings is 1. The highest BCUT2D eigenvalue weighted by Gasteiger charge is 2.03. The van der Waals surface area contributed by atoms with E-state index in [9.17, 15) is 4.79 Å². The molecule has 0 bridgehead atoms. The molecule has 0 saturated carbocycles. The summed E-state index contributed by atoms with van der Waals surface area (Å²) in [6, 6.07) is 6.43. The van der Waals surface area contributed by atoms with E-state index in [0.29, 0.717) is 18.9 Å². The number of nitrogens with one attached hydrogen (secondary N) is 1. The maximum atomic E-state index is 10.7. The molecule has 5 nitrogen and oxygen atoms in total. The first-order chi connectivity index (χ1) is 8.74. The molecule has 0 aliphatic heterocycles. The van der Waals surface area contributed by atoms with Gasteiger partial charge in [-0.1, -0.05) is 6.07 Å². The van der Waals surface area contributed by atoms with Crippen LogP contribution in [0.15, 0.2) is 24.3 Å². The Kier molecular flexibility index (Phi) is 6.83. The van der Waals surface area contributed by atoms with Crippen LogP contribution in [-0.4, -0.2) is 42.5 Å². The van der Waals surface area contributed by atoms with Gasteiger partial charge >= 0.3 is 5.97 Å². The molecule has 0 aliphatic carbocycles. The molecule has 0 amide bonds. The predicted molar refractivity (Wildman–Crippen MR) is 68.1 cm³/mol. The van der Waals surface area contributed by atoms with Crippen LogP contribution >= 0.6 is 0 Å². The molecule has 0 spiro atoms. The van der Waals surface area contributed by atoms with Crippen LogP contribution in [0.5, 0.6) is 5.75 Å². The third kappa shape index (κ3) is 5.65. The van der Waals surface area contributed by atoms with Crippen LogP contribution in [0, 0.1) is 0 Å². The van der Waals surface area contributed by atoms with Crippen LogP contribution in [0.1, 0.15) is 23.2 Å². The van der Waals surface area contributed by atoms with E-state index in [-0.39, 0.29) is 12.2 Å². The van der Waals surface area contributed by atoms with E-state index in [1.54, 1.807) is 12.1 Å². The van der Waals surface area contributed by atoms with Crippen molar-refractivity contribution in [1.29, 1.82) is 0 Å². The van der Waals surface area contributed by atoms with Gasteiger partial charge in [-0.3, -0.25) is 0 Å². The number of unbranched alkanes of at least 4 members (excludes halogenated alkanes) is 1. The zero-order valence-electron chi connectivity index (χ0n) is 10.3. The molecular weight excluding hydrogens is 234 g/mol. The van der Waals surface area contributed by atoms with Crippen molar-refractivity contribution in [2.45, 2.75) is 12.8 Å². The maximum Gasteiger partial charge on any atom is 0.335 e. The summed E-state index contributed by atoms with van der Waals surface area (Å²) >= 11 is 0. The number of hydrogen-bond acceptors (Lipinski definition) is 4. The van der Waals surface area contributed by atoms with Gasteiger partial charge in [-0.15, -0.1) is 0 Å². The molecule has 1 aromatic rings. The third-order valence-electron chi connectivity index (χ3n) is 2.39. The average Bonchev–Trinajstić information content (AvgIpc) is 2.38. The standard InChI is InChI=1S/C13H19NO4/c15-8-2-1-6-14-7-9-18-12-5-3-4-11(10-12)13(16)17/h3-5,10,14-15H,1-2,6-9H2,(H,16,17). The van der Waals surface area contributed by atoms with Gasteiger partial charge in [0, 0.05) is 13.2 Å². The van der Waals surface area contributed by atoms with Crippen LogP contribution in [-0.2, 0) is 0 Å². The van der Waals surface area contributed by atoms with E-state index in [1.165, 1.54) is 12.1 Å². The highest BCUT2D eigenvalue weighted by atomic mass is 16.5. The second kappa shape index (κ2) is 8.49. The highest BCUT2D eigenvalue weighted by molar-refractivity contribution is 5.87. The second-order valence-corrected chi connectivity index (χ2v) is 3.86. The lowest BCUT2D eigenvalue weighted by Crippen LogP contribution is -2.22. The number of ether oxygens (including phenoxy) is 1. The van der Waals surface area contributed by atoms with Gasteiger partial charge in [0.2, 0.25) is 0 Å². The number of rotatable bonds is 9. The third-order valence-corrected chi connectivity index (χ3v) is 2.39. The Morgan fingerprint density at radius 2 is 2.11 bits per heavy atom. The molecule has 18 heavy (non-hydrogen) atoms. The minimum absolute atomic E-state index is 0.222. The molecule has 5 heteroatoms. The number of aliphatic hydroxyl groups excluding tert-OH is 1. The molecule has 0 aliphatic rings. The second-order valence-electron chi connectivity index (χ2n) is 3.86. The Morgan fingerprint density at radius 1 is 1.28 bits per heavy atom. The van der Waals surface area contributed by atoms with Crippen molar-refractivity contribution in [2.24, 2.45) is 0 Å². The molecular formula is C13H19NO4. The summed E-state index contributed by atoms with van der Waals surface area (Å²) in [4.78, 5) is 10.7. The fourth-order valence-electron chi connectivity index (χ4n) is 1.45. The summed E-state index contributed by atoms with van der Waals surface area (Å²) < 4.78 is 5.43. The van der Waals surface area contributed by atoms with Crippen molar-refractivity contribution in [3.63, 3.8) is 0 Å². The van der Waals surface area contributed by atoms with Gasteiger partial charge in [-0.05, 0) is 37.6 Å². The molecule has 0 fully saturated rings. The van der Waals surface area contributed by atoms with Crippen molar-refractivity contribution in [3.8, 4) is 5.75 Å². The largest absolute Gasteiger partial charge is 0.492 e. The molecule has 1 rings (SSSR count). The van der Waals surface area contributed by atoms with Crippen molar-refractivity contribution >= 4 is 5.97 Å². The molecule has 100 valence electrons. The lowest BCUT2D eigenvalue weighted by Gasteiger charge is -2.07. The van der Waals surface area contributed by atoms with E-state index >= 15 is 0 Å². The van der Waals surface area contributed by atoms with Crippen LogP contribution in [0.2, 0.25) is 0 Å². The number of carbonyl (C=O) groups is 1. The van der Waals surface area contributed by atoms with Gasteiger partial charge in [0.05, 0.1) is 5.56 Å². The molecule has 0 heterocycles. The molecule has 1 aromatic carbocycles. The van der Waals surface area contributed by atoms with E-state index in [1.807, 2.05) is 0 Å². The number of carboxylic acids is 1. The van der Waals surface area contributed by atoms with Gasteiger partial charge < -0.3 is 20.3 Å². The maximum absolute atomic E-state index is 10.7. The van der Waals surface area contributed by atoms with Crippen molar-refractivity contribution in [3.05, 3.63) is 29.8 Å². The summed E-state index contributed by atoms with van der Waals surface area (Å²) in [5.41, 5.74) is 0.225. The van der Waals surface area contributed by atoms with Crippen LogP contribution in [0.4, 0.5) is 0 Å². The topological polar surface area (TPSA) is 78.8 Å². The normalized spacial score (nSPS) is 10.3. The molecule has 3 N–H and O–H groups in total. The van der Waals surface area contributed by atoms with E-state index in [2.05, 4.69) is 5.32 Å². The number of aliphatic hydroxyl groups is 1. The van der Waals surface area contributed by atoms with Gasteiger partial charge in [-0.2, -0.15) is 0 Å². The SMILES string of the molecule is O=C(O)c1cccc(OCCNCCCCO)c1. The zero-order valence-corrected chi connectivity index (χ0v) is 10.3. The molecule has 0 aromatic heterocycles. The zero-order chi connectivity index (χ0) is 13.2. The highest BCUT2D eigenvalue weighted by Crippen LogP contribution is 2.12. The molecule has 0 saturated heterocycles. The first-order valence-corrected chi connectivity index (χ1v) is 6.02. The summed E-state index contributed by atoms with van der Waals surface area (Å²) in [7, 11) is 0. The van der Waals surface area contributed by atoms with Gasteiger partial charge in [0.1, 0.15) is 12.4 Å². The number of hydrogen-bond donors (Lipinski definition) is 3. The first kappa shape index (κ1) is 14.5. The van der Waals surface area contributed by atoms with Gasteiger partial charge in [0.25, 0.3) is 0 Å². The van der Waals surface area contributed by atoms with Crippen LogP contribution in [0.25, 0.3) is 0 Å².